The molecule has 4 heteroatoms. The lowest BCUT2D eigenvalue weighted by atomic mass is 10.1. The third-order valence-electron chi connectivity index (χ3n) is 2.97. The summed E-state index contributed by atoms with van der Waals surface area (Å²) in [6.45, 7) is 3.60. The zero-order valence-electron chi connectivity index (χ0n) is 9.73. The highest BCUT2D eigenvalue weighted by molar-refractivity contribution is 5.94. The van der Waals surface area contributed by atoms with Gasteiger partial charge in [-0.1, -0.05) is 11.6 Å². The molecule has 0 fully saturated rings. The Morgan fingerprint density at radius 2 is 2.25 bits per heavy atom. The molecule has 2 rings (SSSR count). The molecule has 1 aromatic heterocycles. The van der Waals surface area contributed by atoms with Crippen molar-refractivity contribution in [3.8, 4) is 0 Å². The highest BCUT2D eigenvalue weighted by atomic mass is 16.2. The maximum atomic E-state index is 12.2. The summed E-state index contributed by atoms with van der Waals surface area (Å²) in [6.07, 6.45) is 4.83. The van der Waals surface area contributed by atoms with E-state index in [1.54, 1.807) is 16.8 Å². The van der Waals surface area contributed by atoms with Gasteiger partial charge in [0.1, 0.15) is 5.69 Å². The average Bonchev–Trinajstić information content (AvgIpc) is 2.58. The Hall–Kier alpha value is -1.71. The monoisotopic (exact) mass is 219 g/mol. The van der Waals surface area contributed by atoms with Gasteiger partial charge in [-0.2, -0.15) is 0 Å². The number of aromatic nitrogens is 1. The maximum Gasteiger partial charge on any atom is 0.270 e. The summed E-state index contributed by atoms with van der Waals surface area (Å²) in [5, 5.41) is 0. The van der Waals surface area contributed by atoms with Crippen LogP contribution in [0.4, 0.5) is 5.69 Å². The summed E-state index contributed by atoms with van der Waals surface area (Å²) in [7, 11) is 1.84. The Bertz CT molecular complexity index is 445. The predicted molar refractivity (Wildman–Crippen MR) is 64.1 cm³/mol. The van der Waals surface area contributed by atoms with E-state index in [2.05, 4.69) is 13.0 Å². The number of hydrogen-bond acceptors (Lipinski definition) is 2. The fourth-order valence-electron chi connectivity index (χ4n) is 1.92. The van der Waals surface area contributed by atoms with Crippen LogP contribution >= 0.6 is 0 Å². The number of carbonyl (C=O) groups excluding carboxylic acids is 1. The van der Waals surface area contributed by atoms with Crippen molar-refractivity contribution in [3.63, 3.8) is 0 Å². The third-order valence-corrected chi connectivity index (χ3v) is 2.97. The molecule has 2 N–H and O–H groups in total. The van der Waals surface area contributed by atoms with Crippen LogP contribution in [0.5, 0.6) is 0 Å². The van der Waals surface area contributed by atoms with Crippen molar-refractivity contribution < 1.29 is 4.79 Å². The van der Waals surface area contributed by atoms with Crippen molar-refractivity contribution in [2.75, 3.05) is 18.8 Å². The molecule has 0 saturated carbocycles. The van der Waals surface area contributed by atoms with Crippen LogP contribution < -0.4 is 5.73 Å². The first-order chi connectivity index (χ1) is 7.58. The SMILES string of the molecule is CC1=CCN(C(=O)c2cc(N)cn2C)CC1. The van der Waals surface area contributed by atoms with Crippen LogP contribution in [0.2, 0.25) is 0 Å². The van der Waals surface area contributed by atoms with E-state index in [1.807, 2.05) is 11.9 Å². The van der Waals surface area contributed by atoms with Gasteiger partial charge in [-0.25, -0.2) is 0 Å². The van der Waals surface area contributed by atoms with Crippen LogP contribution in [0, 0.1) is 0 Å². The first kappa shape index (κ1) is 10.8. The van der Waals surface area contributed by atoms with E-state index in [0.29, 0.717) is 17.9 Å². The smallest absolute Gasteiger partial charge is 0.270 e. The molecule has 0 saturated heterocycles. The molecule has 0 atom stereocenters. The molecule has 4 nitrogen and oxygen atoms in total. The second-order valence-corrected chi connectivity index (χ2v) is 4.32. The minimum absolute atomic E-state index is 0.0583. The van der Waals surface area contributed by atoms with E-state index < -0.39 is 0 Å². The Labute approximate surface area is 95.3 Å². The van der Waals surface area contributed by atoms with Crippen molar-refractivity contribution in [3.05, 3.63) is 29.6 Å². The lowest BCUT2D eigenvalue weighted by molar-refractivity contribution is 0.0759. The van der Waals surface area contributed by atoms with Gasteiger partial charge < -0.3 is 15.2 Å². The summed E-state index contributed by atoms with van der Waals surface area (Å²) in [4.78, 5) is 14.0. The minimum atomic E-state index is 0.0583. The van der Waals surface area contributed by atoms with Gasteiger partial charge in [0.2, 0.25) is 0 Å². The molecule has 1 aliphatic rings. The van der Waals surface area contributed by atoms with E-state index in [1.165, 1.54) is 5.57 Å². The molecule has 86 valence electrons. The van der Waals surface area contributed by atoms with Gasteiger partial charge in [0, 0.05) is 26.3 Å². The molecule has 1 aliphatic heterocycles. The molecule has 0 radical (unpaired) electrons. The van der Waals surface area contributed by atoms with Gasteiger partial charge in [-0.05, 0) is 19.4 Å². The van der Waals surface area contributed by atoms with Crippen molar-refractivity contribution >= 4 is 11.6 Å². The normalized spacial score (nSPS) is 16.1. The summed E-state index contributed by atoms with van der Waals surface area (Å²) in [6, 6.07) is 1.73. The number of nitrogen functional groups attached to an aromatic ring is 1. The number of aryl methyl sites for hydroxylation is 1. The average molecular weight is 219 g/mol. The second-order valence-electron chi connectivity index (χ2n) is 4.32. The number of rotatable bonds is 1. The molecule has 0 spiro atoms. The minimum Gasteiger partial charge on any atom is -0.397 e. The standard InChI is InChI=1S/C12H17N3O/c1-9-3-5-15(6-4-9)12(16)11-7-10(13)8-14(11)2/h3,7-8H,4-6,13H2,1-2H3. The van der Waals surface area contributed by atoms with Gasteiger partial charge in [0.05, 0.1) is 5.69 Å². The Morgan fingerprint density at radius 3 is 2.75 bits per heavy atom. The Balaban J connectivity index is 2.17. The largest absolute Gasteiger partial charge is 0.397 e. The van der Waals surface area contributed by atoms with Gasteiger partial charge in [-0.3, -0.25) is 4.79 Å². The zero-order chi connectivity index (χ0) is 11.7. The van der Waals surface area contributed by atoms with E-state index >= 15 is 0 Å². The fourth-order valence-corrected chi connectivity index (χ4v) is 1.92. The van der Waals surface area contributed by atoms with Crippen LogP contribution in [-0.4, -0.2) is 28.5 Å². The first-order valence-corrected chi connectivity index (χ1v) is 5.44. The van der Waals surface area contributed by atoms with Gasteiger partial charge in [-0.15, -0.1) is 0 Å². The first-order valence-electron chi connectivity index (χ1n) is 5.44. The Morgan fingerprint density at radius 1 is 1.50 bits per heavy atom. The quantitative estimate of drug-likeness (QED) is 0.726. The third kappa shape index (κ3) is 1.96. The zero-order valence-corrected chi connectivity index (χ0v) is 9.73. The molecule has 0 unspecified atom stereocenters. The predicted octanol–water partition coefficient (Wildman–Crippen LogP) is 1.40. The fraction of sp³-hybridized carbons (Fsp3) is 0.417. The lowest BCUT2D eigenvalue weighted by Crippen LogP contribution is -2.35. The molecule has 16 heavy (non-hydrogen) atoms. The molecule has 1 amide bonds. The molecular weight excluding hydrogens is 202 g/mol. The van der Waals surface area contributed by atoms with Gasteiger partial charge >= 0.3 is 0 Å². The van der Waals surface area contributed by atoms with Crippen molar-refractivity contribution in [1.82, 2.24) is 9.47 Å². The molecule has 1 aromatic rings. The number of nitrogens with zero attached hydrogens (tertiary/aromatic N) is 2. The number of nitrogens with two attached hydrogens (primary N) is 1. The number of hydrogen-bond donors (Lipinski definition) is 1. The van der Waals surface area contributed by atoms with E-state index in [0.717, 1.165) is 13.0 Å². The van der Waals surface area contributed by atoms with E-state index in [4.69, 9.17) is 5.73 Å². The van der Waals surface area contributed by atoms with E-state index in [-0.39, 0.29) is 5.91 Å². The van der Waals surface area contributed by atoms with Crippen LogP contribution in [0.15, 0.2) is 23.9 Å². The summed E-state index contributed by atoms with van der Waals surface area (Å²) >= 11 is 0. The van der Waals surface area contributed by atoms with Crippen LogP contribution in [-0.2, 0) is 7.05 Å². The lowest BCUT2D eigenvalue weighted by Gasteiger charge is -2.25. The maximum absolute atomic E-state index is 12.2. The van der Waals surface area contributed by atoms with Crippen molar-refractivity contribution in [1.29, 1.82) is 0 Å². The van der Waals surface area contributed by atoms with Gasteiger partial charge in [0.15, 0.2) is 0 Å². The number of carbonyl (C=O) groups is 1. The van der Waals surface area contributed by atoms with Crippen molar-refractivity contribution in [2.24, 2.45) is 7.05 Å². The van der Waals surface area contributed by atoms with Crippen LogP contribution in [0.1, 0.15) is 23.8 Å². The highest BCUT2D eigenvalue weighted by Crippen LogP contribution is 2.15. The molecular formula is C12H17N3O. The summed E-state index contributed by atoms with van der Waals surface area (Å²) in [5.74, 6) is 0.0583. The molecule has 0 aliphatic carbocycles. The Kier molecular flexibility index (Phi) is 2.73. The topological polar surface area (TPSA) is 51.3 Å². The number of amides is 1. The second kappa shape index (κ2) is 4.04. The summed E-state index contributed by atoms with van der Waals surface area (Å²) < 4.78 is 1.78. The molecule has 0 aromatic carbocycles. The highest BCUT2D eigenvalue weighted by Gasteiger charge is 2.19. The van der Waals surface area contributed by atoms with E-state index in [9.17, 15) is 4.79 Å². The summed E-state index contributed by atoms with van der Waals surface area (Å²) in [5.41, 5.74) is 8.31. The van der Waals surface area contributed by atoms with Crippen LogP contribution in [0.25, 0.3) is 0 Å². The van der Waals surface area contributed by atoms with Crippen LogP contribution in [0.3, 0.4) is 0 Å². The number of anilines is 1. The van der Waals surface area contributed by atoms with Gasteiger partial charge in [0.25, 0.3) is 5.91 Å². The molecule has 0 bridgehead atoms. The van der Waals surface area contributed by atoms with Crippen molar-refractivity contribution in [2.45, 2.75) is 13.3 Å². The molecule has 2 heterocycles.